The number of ketones is 1. The van der Waals surface area contributed by atoms with Crippen molar-refractivity contribution in [3.05, 3.63) is 89.8 Å². The number of alkyl halides is 3. The van der Waals surface area contributed by atoms with E-state index in [-0.39, 0.29) is 18.7 Å². The number of nitrogens with zero attached hydrogens (tertiary/aromatic N) is 7. The summed E-state index contributed by atoms with van der Waals surface area (Å²) >= 11 is 0. The summed E-state index contributed by atoms with van der Waals surface area (Å²) in [7, 11) is 2.13. The minimum Gasteiger partial charge on any atom is -0.492 e. The number of carbonyl (C=O) groups excluding carboxylic acids is 1. The van der Waals surface area contributed by atoms with E-state index in [1.165, 1.54) is 12.3 Å². The second-order valence-corrected chi connectivity index (χ2v) is 10.5. The van der Waals surface area contributed by atoms with Crippen LogP contribution in [0.2, 0.25) is 0 Å². The van der Waals surface area contributed by atoms with Gasteiger partial charge in [0.05, 0.1) is 24.5 Å². The number of fused-ring (bicyclic) bond motifs is 2. The topological polar surface area (TPSA) is 80.8 Å². The van der Waals surface area contributed by atoms with Crippen molar-refractivity contribution in [2.45, 2.75) is 19.1 Å². The summed E-state index contributed by atoms with van der Waals surface area (Å²) in [6.45, 7) is 5.90. The Morgan fingerprint density at radius 3 is 2.60 bits per heavy atom. The van der Waals surface area contributed by atoms with Crippen LogP contribution in [0.15, 0.2) is 67.3 Å². The van der Waals surface area contributed by atoms with Gasteiger partial charge in [0.1, 0.15) is 29.4 Å². The van der Waals surface area contributed by atoms with E-state index in [9.17, 15) is 18.0 Å². The maximum absolute atomic E-state index is 13.4. The van der Waals surface area contributed by atoms with Crippen LogP contribution >= 0.6 is 0 Å². The molecule has 0 atom stereocenters. The van der Waals surface area contributed by atoms with E-state index in [2.05, 4.69) is 31.9 Å². The molecule has 5 heterocycles. The number of rotatable bonds is 9. The monoisotopic (exact) mass is 577 g/mol. The first kappa shape index (κ1) is 27.9. The molecule has 0 amide bonds. The van der Waals surface area contributed by atoms with Gasteiger partial charge < -0.3 is 9.64 Å². The van der Waals surface area contributed by atoms with Crippen LogP contribution in [0.5, 0.6) is 5.75 Å². The molecule has 42 heavy (non-hydrogen) atoms. The van der Waals surface area contributed by atoms with Gasteiger partial charge >= 0.3 is 6.18 Å². The zero-order valence-corrected chi connectivity index (χ0v) is 23.1. The molecule has 0 N–H and O–H groups in total. The zero-order valence-electron chi connectivity index (χ0n) is 23.1. The van der Waals surface area contributed by atoms with Gasteiger partial charge in [-0.2, -0.15) is 18.3 Å². The minimum atomic E-state index is -4.49. The average Bonchev–Trinajstić information content (AvgIpc) is 3.59. The third-order valence-electron chi connectivity index (χ3n) is 7.62. The summed E-state index contributed by atoms with van der Waals surface area (Å²) in [6.07, 6.45) is 1.92. The second kappa shape index (κ2) is 11.5. The summed E-state index contributed by atoms with van der Waals surface area (Å²) in [5.74, 6) is 0.611. The Morgan fingerprint density at radius 2 is 1.83 bits per heavy atom. The summed E-state index contributed by atoms with van der Waals surface area (Å²) in [6, 6.07) is 11.6. The highest BCUT2D eigenvalue weighted by atomic mass is 19.4. The van der Waals surface area contributed by atoms with E-state index in [4.69, 9.17) is 4.74 Å². The maximum atomic E-state index is 13.4. The molecule has 1 aliphatic heterocycles. The molecule has 218 valence electrons. The Kier molecular flexibility index (Phi) is 7.65. The van der Waals surface area contributed by atoms with Crippen molar-refractivity contribution in [3.8, 4) is 5.75 Å². The Hall–Kier alpha value is -4.29. The lowest BCUT2D eigenvalue weighted by Gasteiger charge is -2.32. The van der Waals surface area contributed by atoms with Crippen molar-refractivity contribution in [2.24, 2.45) is 0 Å². The van der Waals surface area contributed by atoms with Crippen LogP contribution in [0.4, 0.5) is 13.2 Å². The van der Waals surface area contributed by atoms with Crippen LogP contribution in [-0.2, 0) is 19.1 Å². The van der Waals surface area contributed by atoms with Gasteiger partial charge in [-0.15, -0.1) is 0 Å². The van der Waals surface area contributed by atoms with Crippen molar-refractivity contribution in [3.63, 3.8) is 0 Å². The van der Waals surface area contributed by atoms with E-state index in [1.807, 2.05) is 30.3 Å². The standard InChI is InChI=1S/C30H30F3N7O2/c1-37-9-11-38(12-10-37)13-14-42-23-7-8-39-26(19-35-29(39)16-23)27(41)15-22-3-2-4-25-24(22)18-36-40(25)20-21-5-6-28(34-17-21)30(31,32)33/h2-8,16-19H,9-15,20H2,1H3. The summed E-state index contributed by atoms with van der Waals surface area (Å²) < 4.78 is 48.0. The molecule has 0 radical (unpaired) electrons. The predicted octanol–water partition coefficient (Wildman–Crippen LogP) is 4.20. The number of pyridine rings is 2. The van der Waals surface area contributed by atoms with E-state index >= 15 is 0 Å². The van der Waals surface area contributed by atoms with Crippen molar-refractivity contribution in [1.29, 1.82) is 0 Å². The summed E-state index contributed by atoms with van der Waals surface area (Å²) in [5.41, 5.74) is 2.32. The largest absolute Gasteiger partial charge is 0.492 e. The fourth-order valence-corrected chi connectivity index (χ4v) is 5.19. The highest BCUT2D eigenvalue weighted by molar-refractivity contribution is 5.99. The lowest BCUT2D eigenvalue weighted by atomic mass is 10.0. The Bertz CT molecular complexity index is 1700. The number of hydrogen-bond acceptors (Lipinski definition) is 7. The Balaban J connectivity index is 1.12. The van der Waals surface area contributed by atoms with Crippen molar-refractivity contribution in [2.75, 3.05) is 46.4 Å². The number of aromatic nitrogens is 5. The van der Waals surface area contributed by atoms with Gasteiger partial charge in [-0.1, -0.05) is 18.2 Å². The van der Waals surface area contributed by atoms with E-state index in [0.29, 0.717) is 29.3 Å². The van der Waals surface area contributed by atoms with Gasteiger partial charge in [0, 0.05) is 63.0 Å². The SMILES string of the molecule is CN1CCN(CCOc2ccn3c(C(=O)Cc4cccc5c4cnn5Cc4ccc(C(F)(F)F)nc4)cnc3c2)CC1. The van der Waals surface area contributed by atoms with Crippen LogP contribution in [0, 0.1) is 0 Å². The van der Waals surface area contributed by atoms with Crippen LogP contribution in [0.3, 0.4) is 0 Å². The van der Waals surface area contributed by atoms with Gasteiger partial charge in [0.2, 0.25) is 0 Å². The lowest BCUT2D eigenvalue weighted by Crippen LogP contribution is -2.45. The Labute approximate surface area is 240 Å². The number of Topliss-reactive ketones (excluding diaryl/α,β-unsaturated/α-hetero) is 1. The molecule has 9 nitrogen and oxygen atoms in total. The minimum absolute atomic E-state index is 0.0987. The highest BCUT2D eigenvalue weighted by Crippen LogP contribution is 2.28. The molecule has 6 rings (SSSR count). The molecule has 1 fully saturated rings. The van der Waals surface area contributed by atoms with Gasteiger partial charge in [-0.25, -0.2) is 4.98 Å². The van der Waals surface area contributed by atoms with Crippen LogP contribution in [0.25, 0.3) is 16.6 Å². The molecule has 4 aromatic heterocycles. The van der Waals surface area contributed by atoms with Crippen LogP contribution in [-0.4, -0.2) is 86.1 Å². The molecule has 0 spiro atoms. The molecule has 1 saturated heterocycles. The quantitative estimate of drug-likeness (QED) is 0.243. The van der Waals surface area contributed by atoms with Gasteiger partial charge in [-0.3, -0.25) is 23.8 Å². The lowest BCUT2D eigenvalue weighted by molar-refractivity contribution is -0.141. The fraction of sp³-hybridized carbons (Fsp3) is 0.333. The van der Waals surface area contributed by atoms with Gasteiger partial charge in [-0.05, 0) is 36.4 Å². The number of carbonyl (C=O) groups is 1. The molecule has 0 saturated carbocycles. The summed E-state index contributed by atoms with van der Waals surface area (Å²) in [5, 5.41) is 5.23. The molecule has 5 aromatic rings. The number of piperazine rings is 1. The number of halogens is 3. The highest BCUT2D eigenvalue weighted by Gasteiger charge is 2.32. The number of benzene rings is 1. The molecule has 0 unspecified atom stereocenters. The second-order valence-electron chi connectivity index (χ2n) is 10.5. The number of likely N-dealkylation sites (N-methyl/N-ethyl adjacent to an activating group) is 1. The normalized spacial score (nSPS) is 15.0. The predicted molar refractivity (Wildman–Crippen MR) is 151 cm³/mol. The third-order valence-corrected chi connectivity index (χ3v) is 7.62. The first-order valence-corrected chi connectivity index (χ1v) is 13.7. The molecule has 1 aromatic carbocycles. The van der Waals surface area contributed by atoms with Gasteiger partial charge in [0.25, 0.3) is 0 Å². The third kappa shape index (κ3) is 6.00. The maximum Gasteiger partial charge on any atom is 0.433 e. The van der Waals surface area contributed by atoms with Crippen molar-refractivity contribution >= 4 is 22.3 Å². The molecular formula is C30H30F3N7O2. The van der Waals surface area contributed by atoms with Crippen LogP contribution < -0.4 is 4.74 Å². The molecule has 12 heteroatoms. The van der Waals surface area contributed by atoms with E-state index < -0.39 is 11.9 Å². The van der Waals surface area contributed by atoms with E-state index in [0.717, 1.165) is 55.3 Å². The van der Waals surface area contributed by atoms with Crippen LogP contribution in [0.1, 0.15) is 27.3 Å². The molecule has 1 aliphatic rings. The smallest absolute Gasteiger partial charge is 0.433 e. The first-order valence-electron chi connectivity index (χ1n) is 13.7. The van der Waals surface area contributed by atoms with Crippen molar-refractivity contribution in [1.82, 2.24) is 33.9 Å². The molecule has 0 aliphatic carbocycles. The van der Waals surface area contributed by atoms with Gasteiger partial charge in [0.15, 0.2) is 5.78 Å². The Morgan fingerprint density at radius 1 is 1.00 bits per heavy atom. The molecular weight excluding hydrogens is 547 g/mol. The summed E-state index contributed by atoms with van der Waals surface area (Å²) in [4.78, 5) is 26.0. The first-order chi connectivity index (χ1) is 20.2. The fourth-order valence-electron chi connectivity index (χ4n) is 5.19. The average molecular weight is 578 g/mol. The van der Waals surface area contributed by atoms with Crippen molar-refractivity contribution < 1.29 is 22.7 Å². The molecule has 0 bridgehead atoms. The van der Waals surface area contributed by atoms with E-state index in [1.54, 1.807) is 27.7 Å². The zero-order chi connectivity index (χ0) is 29.3. The number of imidazole rings is 1. The number of hydrogen-bond donors (Lipinski definition) is 0. The number of ether oxygens (including phenoxy) is 1.